The van der Waals surface area contributed by atoms with Crippen molar-refractivity contribution in [2.24, 2.45) is 5.92 Å². The lowest BCUT2D eigenvalue weighted by Gasteiger charge is -2.28. The topological polar surface area (TPSA) is 37.4 Å². The Kier molecular flexibility index (Phi) is 5.41. The first-order valence-corrected chi connectivity index (χ1v) is 9.81. The van der Waals surface area contributed by atoms with Crippen molar-refractivity contribution in [3.05, 3.63) is 46.5 Å². The summed E-state index contributed by atoms with van der Waals surface area (Å²) < 4.78 is 0. The van der Waals surface area contributed by atoms with Gasteiger partial charge in [-0.2, -0.15) is 0 Å². The molecule has 0 saturated heterocycles. The highest BCUT2D eigenvalue weighted by molar-refractivity contribution is 6.13. The number of amides is 2. The average molecular weight is 339 g/mol. The lowest BCUT2D eigenvalue weighted by Crippen LogP contribution is -2.36. The van der Waals surface area contributed by atoms with Crippen LogP contribution < -0.4 is 0 Å². The minimum absolute atomic E-state index is 0.0868. The molecule has 134 valence electrons. The van der Waals surface area contributed by atoms with Crippen LogP contribution in [-0.2, 0) is 28.9 Å². The smallest absolute Gasteiger partial charge is 0.254 e. The molecule has 1 aliphatic heterocycles. The van der Waals surface area contributed by atoms with Gasteiger partial charge in [0, 0.05) is 12.2 Å². The standard InChI is InChI=1S/C22H29NO2/c1-4-7-15-10-11-18-19(17(15)9-6-3)14-16(8-5-2)22(18)23-20(24)12-13-21(23)25/h10-13,16,22H,4-9,14H2,1-3H3/t16-,22-/m0/s1. The molecule has 2 aliphatic rings. The Labute approximate surface area is 151 Å². The van der Waals surface area contributed by atoms with Crippen LogP contribution in [0.25, 0.3) is 0 Å². The van der Waals surface area contributed by atoms with Gasteiger partial charge in [-0.05, 0) is 53.9 Å². The predicted octanol–water partition coefficient (Wildman–Crippen LogP) is 4.53. The minimum Gasteiger partial charge on any atom is -0.269 e. The largest absolute Gasteiger partial charge is 0.269 e. The molecule has 0 N–H and O–H groups in total. The van der Waals surface area contributed by atoms with Gasteiger partial charge in [-0.3, -0.25) is 14.5 Å². The Morgan fingerprint density at radius 1 is 0.960 bits per heavy atom. The van der Waals surface area contributed by atoms with Crippen LogP contribution in [0.2, 0.25) is 0 Å². The maximum absolute atomic E-state index is 12.3. The first kappa shape index (κ1) is 17.9. The molecule has 25 heavy (non-hydrogen) atoms. The van der Waals surface area contributed by atoms with Crippen molar-refractivity contribution in [3.8, 4) is 0 Å². The fourth-order valence-corrected chi connectivity index (χ4v) is 4.64. The molecule has 0 saturated carbocycles. The van der Waals surface area contributed by atoms with Crippen molar-refractivity contribution in [3.63, 3.8) is 0 Å². The van der Waals surface area contributed by atoms with E-state index in [4.69, 9.17) is 0 Å². The molecule has 0 spiro atoms. The van der Waals surface area contributed by atoms with Crippen LogP contribution in [0.5, 0.6) is 0 Å². The molecule has 2 atom stereocenters. The monoisotopic (exact) mass is 339 g/mol. The third-order valence-corrected chi connectivity index (χ3v) is 5.60. The lowest BCUT2D eigenvalue weighted by atomic mass is 9.91. The lowest BCUT2D eigenvalue weighted by molar-refractivity contribution is -0.140. The van der Waals surface area contributed by atoms with Gasteiger partial charge in [0.15, 0.2) is 0 Å². The number of fused-ring (bicyclic) bond motifs is 1. The summed E-state index contributed by atoms with van der Waals surface area (Å²) in [6.07, 6.45) is 10.4. The third-order valence-electron chi connectivity index (χ3n) is 5.60. The second-order valence-electron chi connectivity index (χ2n) is 7.35. The highest BCUT2D eigenvalue weighted by Gasteiger charge is 2.42. The normalized spacial score (nSPS) is 22.1. The van der Waals surface area contributed by atoms with E-state index in [0.717, 1.165) is 44.9 Å². The van der Waals surface area contributed by atoms with Gasteiger partial charge in [0.05, 0.1) is 6.04 Å². The molecule has 0 radical (unpaired) electrons. The Morgan fingerprint density at radius 2 is 1.64 bits per heavy atom. The zero-order valence-electron chi connectivity index (χ0n) is 15.7. The SMILES string of the molecule is CCCc1ccc2c(c1CCC)C[C@H](CCC)[C@@H]2N1C(=O)C=CC1=O. The van der Waals surface area contributed by atoms with E-state index in [1.165, 1.54) is 39.3 Å². The second kappa shape index (κ2) is 7.55. The number of benzene rings is 1. The molecule has 3 rings (SSSR count). The van der Waals surface area contributed by atoms with Crippen LogP contribution in [0.1, 0.15) is 74.8 Å². The second-order valence-corrected chi connectivity index (χ2v) is 7.35. The highest BCUT2D eigenvalue weighted by Crippen LogP contribution is 2.45. The fraction of sp³-hybridized carbons (Fsp3) is 0.545. The van der Waals surface area contributed by atoms with E-state index in [2.05, 4.69) is 32.9 Å². The van der Waals surface area contributed by atoms with Crippen molar-refractivity contribution in [1.29, 1.82) is 0 Å². The predicted molar refractivity (Wildman–Crippen MR) is 100 cm³/mol. The third kappa shape index (κ3) is 3.17. The van der Waals surface area contributed by atoms with Crippen LogP contribution in [0.3, 0.4) is 0 Å². The quantitative estimate of drug-likeness (QED) is 0.684. The highest BCUT2D eigenvalue weighted by atomic mass is 16.2. The number of hydrogen-bond donors (Lipinski definition) is 0. The number of aryl methyl sites for hydroxylation is 1. The van der Waals surface area contributed by atoms with Gasteiger partial charge in [0.25, 0.3) is 11.8 Å². The van der Waals surface area contributed by atoms with E-state index in [1.807, 2.05) is 0 Å². The molecule has 1 aliphatic carbocycles. The number of hydrogen-bond acceptors (Lipinski definition) is 2. The number of carbonyl (C=O) groups is 2. The molecule has 0 fully saturated rings. The fourth-order valence-electron chi connectivity index (χ4n) is 4.64. The molecule has 2 amide bonds. The summed E-state index contributed by atoms with van der Waals surface area (Å²) >= 11 is 0. The van der Waals surface area contributed by atoms with Gasteiger partial charge in [-0.15, -0.1) is 0 Å². The summed E-state index contributed by atoms with van der Waals surface area (Å²) in [6.45, 7) is 6.63. The van der Waals surface area contributed by atoms with E-state index < -0.39 is 0 Å². The summed E-state index contributed by atoms with van der Waals surface area (Å²) in [5.74, 6) is 0.0394. The number of imide groups is 1. The zero-order valence-corrected chi connectivity index (χ0v) is 15.7. The molecule has 1 heterocycles. The molecule has 0 unspecified atom stereocenters. The molecule has 0 aromatic heterocycles. The molecule has 3 heteroatoms. The van der Waals surface area contributed by atoms with Crippen LogP contribution in [0.4, 0.5) is 0 Å². The Morgan fingerprint density at radius 3 is 2.24 bits per heavy atom. The minimum atomic E-state index is -0.154. The van der Waals surface area contributed by atoms with Crippen molar-refractivity contribution >= 4 is 11.8 Å². The van der Waals surface area contributed by atoms with Crippen molar-refractivity contribution in [1.82, 2.24) is 4.90 Å². The Hall–Kier alpha value is -1.90. The van der Waals surface area contributed by atoms with Gasteiger partial charge in [-0.25, -0.2) is 0 Å². The first-order valence-electron chi connectivity index (χ1n) is 9.81. The van der Waals surface area contributed by atoms with Crippen molar-refractivity contribution in [2.45, 2.75) is 71.8 Å². The number of rotatable bonds is 7. The summed E-state index contributed by atoms with van der Waals surface area (Å²) in [5.41, 5.74) is 5.57. The van der Waals surface area contributed by atoms with Gasteiger partial charge in [0.1, 0.15) is 0 Å². The maximum atomic E-state index is 12.3. The van der Waals surface area contributed by atoms with Crippen molar-refractivity contribution < 1.29 is 9.59 Å². The van der Waals surface area contributed by atoms with E-state index in [1.54, 1.807) is 0 Å². The summed E-state index contributed by atoms with van der Waals surface area (Å²) in [7, 11) is 0. The molecule has 1 aromatic rings. The van der Waals surface area contributed by atoms with Gasteiger partial charge < -0.3 is 0 Å². The van der Waals surface area contributed by atoms with E-state index in [0.29, 0.717) is 5.92 Å². The number of nitrogens with zero attached hydrogens (tertiary/aromatic N) is 1. The Bertz CT molecular complexity index is 686. The maximum Gasteiger partial charge on any atom is 0.254 e. The molecular weight excluding hydrogens is 310 g/mol. The van der Waals surface area contributed by atoms with Crippen molar-refractivity contribution in [2.75, 3.05) is 0 Å². The molecule has 3 nitrogen and oxygen atoms in total. The Balaban J connectivity index is 2.07. The van der Waals surface area contributed by atoms with E-state index in [9.17, 15) is 9.59 Å². The average Bonchev–Trinajstić information content (AvgIpc) is 3.10. The number of carbonyl (C=O) groups excluding carboxylic acids is 2. The van der Waals surface area contributed by atoms with Gasteiger partial charge in [-0.1, -0.05) is 52.2 Å². The van der Waals surface area contributed by atoms with Crippen LogP contribution >= 0.6 is 0 Å². The van der Waals surface area contributed by atoms with E-state index >= 15 is 0 Å². The van der Waals surface area contributed by atoms with Crippen LogP contribution in [0.15, 0.2) is 24.3 Å². The van der Waals surface area contributed by atoms with E-state index in [-0.39, 0.29) is 17.9 Å². The first-order chi connectivity index (χ1) is 12.1. The van der Waals surface area contributed by atoms with Crippen LogP contribution in [0, 0.1) is 5.92 Å². The summed E-state index contributed by atoms with van der Waals surface area (Å²) in [6, 6.07) is 4.35. The summed E-state index contributed by atoms with van der Waals surface area (Å²) in [4.78, 5) is 26.2. The van der Waals surface area contributed by atoms with Gasteiger partial charge in [0.2, 0.25) is 0 Å². The van der Waals surface area contributed by atoms with Crippen LogP contribution in [-0.4, -0.2) is 16.7 Å². The molecular formula is C22H29NO2. The molecule has 0 bridgehead atoms. The van der Waals surface area contributed by atoms with Gasteiger partial charge >= 0.3 is 0 Å². The molecule has 1 aromatic carbocycles. The summed E-state index contributed by atoms with van der Waals surface area (Å²) in [5, 5.41) is 0. The zero-order chi connectivity index (χ0) is 18.0.